The molecule has 0 amide bonds. The Kier molecular flexibility index (Phi) is 11.8. The minimum atomic E-state index is -0.612. The lowest BCUT2D eigenvalue weighted by Gasteiger charge is -2.18. The Morgan fingerprint density at radius 1 is 1.07 bits per heavy atom. The molecule has 0 fully saturated rings. The predicted octanol–water partition coefficient (Wildman–Crippen LogP) is 3.81. The Labute approximate surface area is 185 Å². The van der Waals surface area contributed by atoms with Crippen LogP contribution in [0.4, 0.5) is 0 Å². The third-order valence-electron chi connectivity index (χ3n) is 4.20. The van der Waals surface area contributed by atoms with Gasteiger partial charge in [-0.15, -0.1) is 24.0 Å². The van der Waals surface area contributed by atoms with Crippen LogP contribution in [0.15, 0.2) is 59.6 Å². The van der Waals surface area contributed by atoms with Crippen LogP contribution in [0.3, 0.4) is 0 Å². The standard InChI is InChI=1S/C22H31N3O2.HI/c1-4-23-22(24-14-19-12-10-17(2)11-13-19)25-15-21(26)16-27-18(3)20-8-6-5-7-9-20;/h5-13,18,21,26H,4,14-16H2,1-3H3,(H2,23,24,25);1H. The van der Waals surface area contributed by atoms with Gasteiger partial charge in [-0.1, -0.05) is 60.2 Å². The summed E-state index contributed by atoms with van der Waals surface area (Å²) in [5.74, 6) is 0.688. The van der Waals surface area contributed by atoms with Gasteiger partial charge in [-0.05, 0) is 31.9 Å². The third-order valence-corrected chi connectivity index (χ3v) is 4.20. The van der Waals surface area contributed by atoms with Crippen molar-refractivity contribution in [2.24, 2.45) is 4.99 Å². The largest absolute Gasteiger partial charge is 0.389 e. The minimum absolute atomic E-state index is 0. The van der Waals surface area contributed by atoms with E-state index in [-0.39, 0.29) is 36.7 Å². The van der Waals surface area contributed by atoms with Crippen LogP contribution in [-0.2, 0) is 11.3 Å². The SMILES string of the molecule is CCNC(=NCc1ccc(C)cc1)NCC(O)COC(C)c1ccccc1.I. The highest BCUT2D eigenvalue weighted by molar-refractivity contribution is 14.0. The van der Waals surface area contributed by atoms with Crippen LogP contribution < -0.4 is 10.6 Å². The molecular weight excluding hydrogens is 465 g/mol. The van der Waals surface area contributed by atoms with Gasteiger partial charge in [-0.3, -0.25) is 0 Å². The number of benzene rings is 2. The fourth-order valence-electron chi connectivity index (χ4n) is 2.55. The first-order chi connectivity index (χ1) is 13.1. The lowest BCUT2D eigenvalue weighted by atomic mass is 10.1. The van der Waals surface area contributed by atoms with Crippen molar-refractivity contribution in [3.8, 4) is 0 Å². The van der Waals surface area contributed by atoms with Crippen molar-refractivity contribution >= 4 is 29.9 Å². The molecule has 0 saturated heterocycles. The van der Waals surface area contributed by atoms with E-state index in [0.29, 0.717) is 19.0 Å². The maximum atomic E-state index is 10.2. The molecule has 0 radical (unpaired) electrons. The van der Waals surface area contributed by atoms with E-state index in [2.05, 4.69) is 46.8 Å². The second kappa shape index (κ2) is 13.5. The quantitative estimate of drug-likeness (QED) is 0.280. The van der Waals surface area contributed by atoms with Gasteiger partial charge in [-0.25, -0.2) is 4.99 Å². The molecule has 0 spiro atoms. The van der Waals surface area contributed by atoms with E-state index in [1.165, 1.54) is 5.56 Å². The fraction of sp³-hybridized carbons (Fsp3) is 0.409. The summed E-state index contributed by atoms with van der Waals surface area (Å²) < 4.78 is 5.77. The van der Waals surface area contributed by atoms with E-state index in [9.17, 15) is 5.11 Å². The first kappa shape index (κ1) is 24.4. The lowest BCUT2D eigenvalue weighted by molar-refractivity contribution is -0.000599. The molecule has 2 atom stereocenters. The first-order valence-corrected chi connectivity index (χ1v) is 9.50. The molecule has 5 nitrogen and oxygen atoms in total. The third kappa shape index (κ3) is 9.03. The zero-order valence-corrected chi connectivity index (χ0v) is 19.2. The molecule has 2 aromatic rings. The summed E-state index contributed by atoms with van der Waals surface area (Å²) in [5, 5.41) is 16.6. The van der Waals surface area contributed by atoms with Crippen LogP contribution in [0.1, 0.15) is 36.6 Å². The molecule has 28 heavy (non-hydrogen) atoms. The van der Waals surface area contributed by atoms with Crippen molar-refractivity contribution in [3.05, 3.63) is 71.3 Å². The summed E-state index contributed by atoms with van der Waals surface area (Å²) in [6.45, 7) is 8.07. The van der Waals surface area contributed by atoms with E-state index in [1.54, 1.807) is 0 Å². The second-order valence-electron chi connectivity index (χ2n) is 6.60. The highest BCUT2D eigenvalue weighted by atomic mass is 127. The number of aryl methyl sites for hydroxylation is 1. The smallest absolute Gasteiger partial charge is 0.191 e. The van der Waals surface area contributed by atoms with Crippen LogP contribution in [0.25, 0.3) is 0 Å². The molecule has 3 N–H and O–H groups in total. The molecule has 2 aromatic carbocycles. The van der Waals surface area contributed by atoms with E-state index >= 15 is 0 Å². The van der Waals surface area contributed by atoms with Crippen molar-refractivity contribution in [2.75, 3.05) is 19.7 Å². The summed E-state index contributed by atoms with van der Waals surface area (Å²) in [4.78, 5) is 4.57. The number of hydrogen-bond donors (Lipinski definition) is 3. The van der Waals surface area contributed by atoms with Crippen molar-refractivity contribution in [3.63, 3.8) is 0 Å². The molecule has 2 rings (SSSR count). The topological polar surface area (TPSA) is 65.9 Å². The Morgan fingerprint density at radius 2 is 1.75 bits per heavy atom. The van der Waals surface area contributed by atoms with E-state index in [4.69, 9.17) is 4.74 Å². The van der Waals surface area contributed by atoms with Crippen LogP contribution in [0.5, 0.6) is 0 Å². The summed E-state index contributed by atoms with van der Waals surface area (Å²) >= 11 is 0. The number of aliphatic imine (C=N–C) groups is 1. The van der Waals surface area contributed by atoms with Gasteiger partial charge in [0.1, 0.15) is 0 Å². The van der Waals surface area contributed by atoms with Crippen LogP contribution in [-0.4, -0.2) is 36.9 Å². The van der Waals surface area contributed by atoms with Crippen molar-refractivity contribution < 1.29 is 9.84 Å². The Hall–Kier alpha value is -1.64. The summed E-state index contributed by atoms with van der Waals surface area (Å²) in [5.41, 5.74) is 3.49. The number of aliphatic hydroxyl groups excluding tert-OH is 1. The minimum Gasteiger partial charge on any atom is -0.389 e. The summed E-state index contributed by atoms with van der Waals surface area (Å²) in [7, 11) is 0. The zero-order valence-electron chi connectivity index (χ0n) is 16.9. The summed E-state index contributed by atoms with van der Waals surface area (Å²) in [6, 6.07) is 18.3. The maximum absolute atomic E-state index is 10.2. The van der Waals surface area contributed by atoms with Gasteiger partial charge in [-0.2, -0.15) is 0 Å². The Balaban J connectivity index is 0.00000392. The highest BCUT2D eigenvalue weighted by Crippen LogP contribution is 2.15. The maximum Gasteiger partial charge on any atom is 0.191 e. The van der Waals surface area contributed by atoms with Gasteiger partial charge in [0.25, 0.3) is 0 Å². The normalized spacial score (nSPS) is 13.4. The lowest BCUT2D eigenvalue weighted by Crippen LogP contribution is -2.42. The predicted molar refractivity (Wildman–Crippen MR) is 126 cm³/mol. The number of guanidine groups is 1. The average molecular weight is 497 g/mol. The molecule has 154 valence electrons. The molecule has 2 unspecified atom stereocenters. The first-order valence-electron chi connectivity index (χ1n) is 9.50. The number of nitrogens with one attached hydrogen (secondary N) is 2. The van der Waals surface area contributed by atoms with Gasteiger partial charge < -0.3 is 20.5 Å². The molecule has 0 aliphatic heterocycles. The van der Waals surface area contributed by atoms with Gasteiger partial charge >= 0.3 is 0 Å². The molecule has 0 aromatic heterocycles. The molecule has 0 aliphatic rings. The van der Waals surface area contributed by atoms with Crippen LogP contribution in [0, 0.1) is 6.92 Å². The monoisotopic (exact) mass is 497 g/mol. The second-order valence-corrected chi connectivity index (χ2v) is 6.60. The van der Waals surface area contributed by atoms with Crippen molar-refractivity contribution in [2.45, 2.75) is 39.5 Å². The number of hydrogen-bond acceptors (Lipinski definition) is 3. The molecule has 0 heterocycles. The number of ether oxygens (including phenoxy) is 1. The highest BCUT2D eigenvalue weighted by Gasteiger charge is 2.10. The molecular formula is C22H32IN3O2. The number of nitrogens with zero attached hydrogens (tertiary/aromatic N) is 1. The molecule has 0 saturated carbocycles. The number of aliphatic hydroxyl groups is 1. The summed E-state index contributed by atoms with van der Waals surface area (Å²) in [6.07, 6.45) is -0.663. The molecule has 0 bridgehead atoms. The Bertz CT molecular complexity index is 693. The van der Waals surface area contributed by atoms with Crippen LogP contribution in [0.2, 0.25) is 0 Å². The van der Waals surface area contributed by atoms with E-state index in [1.807, 2.05) is 44.2 Å². The molecule has 6 heteroatoms. The zero-order chi connectivity index (χ0) is 19.5. The van der Waals surface area contributed by atoms with Gasteiger partial charge in [0, 0.05) is 13.1 Å². The Morgan fingerprint density at radius 3 is 2.39 bits per heavy atom. The number of rotatable bonds is 9. The van der Waals surface area contributed by atoms with E-state index < -0.39 is 6.10 Å². The van der Waals surface area contributed by atoms with Crippen LogP contribution >= 0.6 is 24.0 Å². The van der Waals surface area contributed by atoms with Crippen molar-refractivity contribution in [1.82, 2.24) is 10.6 Å². The van der Waals surface area contributed by atoms with Gasteiger partial charge in [0.05, 0.1) is 25.4 Å². The average Bonchev–Trinajstić information content (AvgIpc) is 2.70. The van der Waals surface area contributed by atoms with Gasteiger partial charge in [0.2, 0.25) is 0 Å². The van der Waals surface area contributed by atoms with E-state index in [0.717, 1.165) is 17.7 Å². The fourth-order valence-corrected chi connectivity index (χ4v) is 2.55. The van der Waals surface area contributed by atoms with Crippen molar-refractivity contribution in [1.29, 1.82) is 0 Å². The van der Waals surface area contributed by atoms with Gasteiger partial charge in [0.15, 0.2) is 5.96 Å². The number of halogens is 1. The molecule has 0 aliphatic carbocycles.